The van der Waals surface area contributed by atoms with E-state index in [1.807, 2.05) is 56.9 Å². The summed E-state index contributed by atoms with van der Waals surface area (Å²) < 4.78 is 11.4. The number of imide groups is 1. The largest absolute Gasteiger partial charge is 0.494 e. The molecule has 32 heavy (non-hydrogen) atoms. The van der Waals surface area contributed by atoms with Gasteiger partial charge in [0.25, 0.3) is 11.8 Å². The highest BCUT2D eigenvalue weighted by Gasteiger charge is 2.44. The first-order valence-corrected chi connectivity index (χ1v) is 11.2. The smallest absolute Gasteiger partial charge is 0.282 e. The maximum atomic E-state index is 13.7. The Morgan fingerprint density at radius 1 is 1.03 bits per heavy atom. The van der Waals surface area contributed by atoms with E-state index >= 15 is 0 Å². The Morgan fingerprint density at radius 2 is 1.69 bits per heavy atom. The SMILES string of the molecule is CCOc1ccc(C2=C(N3CC(C)OC(C)C3)C(=O)N(c3ccc(Cl)cc3C)C2=O)cc1. The summed E-state index contributed by atoms with van der Waals surface area (Å²) in [5.74, 6) is 0.0474. The molecule has 2 aromatic carbocycles. The fourth-order valence-corrected chi connectivity index (χ4v) is 4.63. The van der Waals surface area contributed by atoms with E-state index in [0.29, 0.717) is 53.0 Å². The second-order valence-electron chi connectivity index (χ2n) is 8.22. The Morgan fingerprint density at radius 3 is 2.28 bits per heavy atom. The fraction of sp³-hybridized carbons (Fsp3) is 0.360. The highest BCUT2D eigenvalue weighted by molar-refractivity contribution is 6.45. The lowest BCUT2D eigenvalue weighted by atomic mass is 10.0. The Balaban J connectivity index is 1.82. The molecular formula is C25H27ClN2O4. The molecule has 168 valence electrons. The topological polar surface area (TPSA) is 59.1 Å². The van der Waals surface area contributed by atoms with E-state index in [1.165, 1.54) is 4.90 Å². The molecule has 0 N–H and O–H groups in total. The van der Waals surface area contributed by atoms with E-state index in [-0.39, 0.29) is 24.0 Å². The molecule has 0 saturated carbocycles. The number of halogens is 1. The van der Waals surface area contributed by atoms with Gasteiger partial charge in [0.15, 0.2) is 0 Å². The minimum Gasteiger partial charge on any atom is -0.494 e. The Bertz CT molecular complexity index is 1070. The molecule has 6 nitrogen and oxygen atoms in total. The molecule has 0 aromatic heterocycles. The van der Waals surface area contributed by atoms with Crippen molar-refractivity contribution in [2.45, 2.75) is 39.9 Å². The van der Waals surface area contributed by atoms with Gasteiger partial charge in [0.05, 0.1) is 30.1 Å². The van der Waals surface area contributed by atoms with E-state index in [4.69, 9.17) is 21.1 Å². The monoisotopic (exact) mass is 454 g/mol. The summed E-state index contributed by atoms with van der Waals surface area (Å²) in [6.45, 7) is 9.33. The lowest BCUT2D eigenvalue weighted by Crippen LogP contribution is -2.47. The molecule has 0 spiro atoms. The van der Waals surface area contributed by atoms with Crippen LogP contribution in [0.1, 0.15) is 31.9 Å². The van der Waals surface area contributed by atoms with Crippen LogP contribution in [0.4, 0.5) is 5.69 Å². The maximum absolute atomic E-state index is 13.7. The van der Waals surface area contributed by atoms with Gasteiger partial charge in [-0.1, -0.05) is 23.7 Å². The van der Waals surface area contributed by atoms with Crippen LogP contribution in [0, 0.1) is 6.92 Å². The van der Waals surface area contributed by atoms with Crippen molar-refractivity contribution in [3.8, 4) is 5.75 Å². The van der Waals surface area contributed by atoms with Crippen LogP contribution in [-0.2, 0) is 14.3 Å². The first kappa shape index (κ1) is 22.4. The molecule has 2 aliphatic rings. The van der Waals surface area contributed by atoms with Crippen LogP contribution in [0.2, 0.25) is 5.02 Å². The van der Waals surface area contributed by atoms with Crippen LogP contribution in [0.3, 0.4) is 0 Å². The summed E-state index contributed by atoms with van der Waals surface area (Å²) in [5, 5.41) is 0.557. The van der Waals surface area contributed by atoms with Crippen LogP contribution in [-0.4, -0.2) is 48.6 Å². The third-order valence-corrected chi connectivity index (χ3v) is 5.88. The van der Waals surface area contributed by atoms with Crippen LogP contribution < -0.4 is 9.64 Å². The number of anilines is 1. The van der Waals surface area contributed by atoms with E-state index in [0.717, 1.165) is 5.56 Å². The van der Waals surface area contributed by atoms with E-state index in [2.05, 4.69) is 0 Å². The lowest BCUT2D eigenvalue weighted by molar-refractivity contribution is -0.121. The van der Waals surface area contributed by atoms with Crippen molar-refractivity contribution in [2.24, 2.45) is 0 Å². The predicted octanol–water partition coefficient (Wildman–Crippen LogP) is 4.44. The summed E-state index contributed by atoms with van der Waals surface area (Å²) in [5.41, 5.74) is 2.79. The minimum absolute atomic E-state index is 0.0537. The quantitative estimate of drug-likeness (QED) is 0.625. The average molecular weight is 455 g/mol. The molecule has 1 fully saturated rings. The molecule has 2 aliphatic heterocycles. The van der Waals surface area contributed by atoms with Gasteiger partial charge in [-0.3, -0.25) is 9.59 Å². The van der Waals surface area contributed by atoms with Crippen molar-refractivity contribution in [2.75, 3.05) is 24.6 Å². The van der Waals surface area contributed by atoms with Crippen molar-refractivity contribution in [1.82, 2.24) is 4.90 Å². The third-order valence-electron chi connectivity index (χ3n) is 5.65. The minimum atomic E-state index is -0.341. The number of rotatable bonds is 5. The van der Waals surface area contributed by atoms with Gasteiger partial charge in [0, 0.05) is 18.1 Å². The van der Waals surface area contributed by atoms with Gasteiger partial charge in [0.2, 0.25) is 0 Å². The number of carbonyl (C=O) groups excluding carboxylic acids is 2. The third kappa shape index (κ3) is 4.12. The zero-order valence-corrected chi connectivity index (χ0v) is 19.5. The number of carbonyl (C=O) groups is 2. The van der Waals surface area contributed by atoms with Gasteiger partial charge < -0.3 is 14.4 Å². The number of amides is 2. The summed E-state index contributed by atoms with van der Waals surface area (Å²) in [6, 6.07) is 12.5. The molecular weight excluding hydrogens is 428 g/mol. The molecule has 0 bridgehead atoms. The molecule has 1 saturated heterocycles. The Labute approximate surface area is 193 Å². The summed E-state index contributed by atoms with van der Waals surface area (Å²) in [4.78, 5) is 30.7. The second-order valence-corrected chi connectivity index (χ2v) is 8.66. The number of aryl methyl sites for hydroxylation is 1. The van der Waals surface area contributed by atoms with Crippen molar-refractivity contribution < 1.29 is 19.1 Å². The van der Waals surface area contributed by atoms with Crippen molar-refractivity contribution >= 4 is 34.7 Å². The molecule has 2 atom stereocenters. The van der Waals surface area contributed by atoms with Gasteiger partial charge in [-0.25, -0.2) is 4.90 Å². The standard InChI is InChI=1S/C25H27ClN2O4/c1-5-31-20-9-6-18(7-10-20)22-23(27-13-16(3)32-17(4)14-27)25(30)28(24(22)29)21-11-8-19(26)12-15(21)2/h6-12,16-17H,5,13-14H2,1-4H3. The normalized spacial score (nSPS) is 21.5. The zero-order chi connectivity index (χ0) is 23.0. The average Bonchev–Trinajstić information content (AvgIpc) is 2.99. The van der Waals surface area contributed by atoms with Gasteiger partial charge >= 0.3 is 0 Å². The summed E-state index contributed by atoms with van der Waals surface area (Å²) in [6.07, 6.45) is -0.107. The number of hydrogen-bond donors (Lipinski definition) is 0. The lowest BCUT2D eigenvalue weighted by Gasteiger charge is -2.37. The Hall–Kier alpha value is -2.83. The highest BCUT2D eigenvalue weighted by atomic mass is 35.5. The highest BCUT2D eigenvalue weighted by Crippen LogP contribution is 2.38. The fourth-order valence-electron chi connectivity index (χ4n) is 4.41. The molecule has 7 heteroatoms. The number of nitrogens with zero attached hydrogens (tertiary/aromatic N) is 2. The van der Waals surface area contributed by atoms with Crippen molar-refractivity contribution in [3.63, 3.8) is 0 Å². The molecule has 4 rings (SSSR count). The number of morpholine rings is 1. The van der Waals surface area contributed by atoms with Crippen LogP contribution in [0.15, 0.2) is 48.2 Å². The van der Waals surface area contributed by atoms with Gasteiger partial charge in [-0.2, -0.15) is 0 Å². The molecule has 0 aliphatic carbocycles. The van der Waals surface area contributed by atoms with Gasteiger partial charge in [0.1, 0.15) is 11.4 Å². The Kier molecular flexibility index (Phi) is 6.26. The van der Waals surface area contributed by atoms with Crippen molar-refractivity contribution in [1.29, 1.82) is 0 Å². The summed E-state index contributed by atoms with van der Waals surface area (Å²) >= 11 is 6.11. The summed E-state index contributed by atoms with van der Waals surface area (Å²) in [7, 11) is 0. The van der Waals surface area contributed by atoms with E-state index < -0.39 is 0 Å². The van der Waals surface area contributed by atoms with Gasteiger partial charge in [-0.15, -0.1) is 0 Å². The molecule has 2 amide bonds. The molecule has 2 unspecified atom stereocenters. The predicted molar refractivity (Wildman–Crippen MR) is 125 cm³/mol. The molecule has 0 radical (unpaired) electrons. The van der Waals surface area contributed by atoms with E-state index in [9.17, 15) is 9.59 Å². The van der Waals surface area contributed by atoms with Crippen LogP contribution in [0.25, 0.3) is 5.57 Å². The number of hydrogen-bond acceptors (Lipinski definition) is 5. The first-order chi connectivity index (χ1) is 15.3. The van der Waals surface area contributed by atoms with Crippen LogP contribution >= 0.6 is 11.6 Å². The van der Waals surface area contributed by atoms with E-state index in [1.54, 1.807) is 18.2 Å². The first-order valence-electron chi connectivity index (χ1n) is 10.8. The van der Waals surface area contributed by atoms with Crippen molar-refractivity contribution in [3.05, 3.63) is 64.3 Å². The number of benzene rings is 2. The molecule has 2 heterocycles. The van der Waals surface area contributed by atoms with Crippen LogP contribution in [0.5, 0.6) is 5.75 Å². The van der Waals surface area contributed by atoms with Gasteiger partial charge in [-0.05, 0) is 69.2 Å². The number of ether oxygens (including phenoxy) is 2. The zero-order valence-electron chi connectivity index (χ0n) is 18.7. The second kappa shape index (κ2) is 8.96. The maximum Gasteiger partial charge on any atom is 0.282 e. The molecule has 2 aromatic rings.